The van der Waals surface area contributed by atoms with Crippen LogP contribution in [-0.2, 0) is 26.9 Å². The van der Waals surface area contributed by atoms with Gasteiger partial charge in [0.15, 0.2) is 0 Å². The maximum Gasteiger partial charge on any atom is -1.00 e. The van der Waals surface area contributed by atoms with Crippen molar-refractivity contribution in [2.24, 2.45) is 0 Å². The minimum absolute atomic E-state index is 0. The molecule has 0 N–H and O–H groups in total. The van der Waals surface area contributed by atoms with Gasteiger partial charge in [0, 0.05) is 0 Å². The van der Waals surface area contributed by atoms with E-state index in [0.29, 0.717) is 0 Å². The zero-order valence-electron chi connectivity index (χ0n) is 14.3. The Morgan fingerprint density at radius 2 is 1.36 bits per heavy atom. The van der Waals surface area contributed by atoms with Gasteiger partial charge in [-0.3, -0.25) is 0 Å². The molecule has 130 valence electrons. The van der Waals surface area contributed by atoms with Gasteiger partial charge in [-0.05, 0) is 0 Å². The predicted molar refractivity (Wildman–Crippen MR) is 93.6 cm³/mol. The number of hydrogen-bond donors (Lipinski definition) is 0. The first kappa shape index (κ1) is 24.7. The Balaban J connectivity index is 0.00000192. The van der Waals surface area contributed by atoms with Crippen molar-refractivity contribution >= 4 is 13.3 Å². The first-order valence-corrected chi connectivity index (χ1v) is 11.5. The SMILES string of the molecule is C[Si](C)(c1ccccc1)[C]1([Ti+3])C=CC(Cc2ccccc2)=C1.[Cl-].[Cl-].[Cl-]. The fourth-order valence-electron chi connectivity index (χ4n) is 3.05. The minimum Gasteiger partial charge on any atom is -1.00 e. The summed E-state index contributed by atoms with van der Waals surface area (Å²) in [5.74, 6) is 0. The molecule has 3 rings (SSSR count). The smallest absolute Gasteiger partial charge is 1.00 e. The molecule has 0 heterocycles. The van der Waals surface area contributed by atoms with Crippen LogP contribution in [0.3, 0.4) is 0 Å². The standard InChI is InChI=1S/C20H21Si.3ClH.Ti/c1-21(2,19-11-7-4-8-12-19)20-14-13-18(16-20)15-17-9-5-3-6-10-17;;;;/h3-14,16H,15H2,1-2H3;3*1H;/q;;;;+3/p-3. The van der Waals surface area contributed by atoms with Gasteiger partial charge in [0.05, 0.1) is 0 Å². The van der Waals surface area contributed by atoms with Crippen LogP contribution in [0.5, 0.6) is 0 Å². The van der Waals surface area contributed by atoms with Crippen molar-refractivity contribution < 1.29 is 57.7 Å². The number of halogens is 3. The summed E-state index contributed by atoms with van der Waals surface area (Å²) < 4.78 is 0.193. The van der Waals surface area contributed by atoms with Gasteiger partial charge in [0.25, 0.3) is 0 Å². The van der Waals surface area contributed by atoms with E-state index in [-0.39, 0.29) is 40.6 Å². The van der Waals surface area contributed by atoms with E-state index in [1.807, 2.05) is 0 Å². The van der Waals surface area contributed by atoms with Gasteiger partial charge in [-0.1, -0.05) is 0 Å². The number of hydrogen-bond acceptors (Lipinski definition) is 0. The average Bonchev–Trinajstić information content (AvgIpc) is 2.92. The second kappa shape index (κ2) is 10.2. The van der Waals surface area contributed by atoms with Crippen molar-refractivity contribution in [1.82, 2.24) is 0 Å². The van der Waals surface area contributed by atoms with Gasteiger partial charge in [0.2, 0.25) is 0 Å². The van der Waals surface area contributed by atoms with Gasteiger partial charge < -0.3 is 37.2 Å². The van der Waals surface area contributed by atoms with Crippen LogP contribution in [0.4, 0.5) is 0 Å². The average molecular weight is 444 g/mol. The van der Waals surface area contributed by atoms with Crippen molar-refractivity contribution in [2.75, 3.05) is 0 Å². The molecule has 0 saturated carbocycles. The number of allylic oxidation sites excluding steroid dienone is 4. The van der Waals surface area contributed by atoms with Crippen molar-refractivity contribution in [2.45, 2.75) is 22.9 Å². The van der Waals surface area contributed by atoms with E-state index in [1.54, 1.807) is 0 Å². The normalized spacial score (nSPS) is 18.5. The third kappa shape index (κ3) is 5.35. The summed E-state index contributed by atoms with van der Waals surface area (Å²) in [4.78, 5) is 0. The predicted octanol–water partition coefficient (Wildman–Crippen LogP) is -4.40. The molecule has 1 aliphatic carbocycles. The molecule has 0 aliphatic heterocycles. The van der Waals surface area contributed by atoms with Crippen LogP contribution < -0.4 is 42.4 Å². The van der Waals surface area contributed by atoms with E-state index in [9.17, 15) is 0 Å². The van der Waals surface area contributed by atoms with E-state index in [4.69, 9.17) is 0 Å². The zero-order valence-corrected chi connectivity index (χ0v) is 19.2. The summed E-state index contributed by atoms with van der Waals surface area (Å²) in [5, 5.41) is 1.53. The fourth-order valence-corrected chi connectivity index (χ4v) is 6.70. The van der Waals surface area contributed by atoms with Gasteiger partial charge in [-0.25, -0.2) is 0 Å². The Labute approximate surface area is 182 Å². The Kier molecular flexibility index (Phi) is 10.0. The minimum atomic E-state index is -1.59. The molecule has 25 heavy (non-hydrogen) atoms. The molecule has 0 spiro atoms. The van der Waals surface area contributed by atoms with Gasteiger partial charge >= 0.3 is 147 Å². The monoisotopic (exact) mass is 442 g/mol. The molecule has 2 aromatic carbocycles. The van der Waals surface area contributed by atoms with Crippen molar-refractivity contribution in [1.29, 1.82) is 0 Å². The molecule has 5 heteroatoms. The van der Waals surface area contributed by atoms with Crippen LogP contribution in [0, 0.1) is 0 Å². The maximum absolute atomic E-state index is 2.51. The van der Waals surface area contributed by atoms with Crippen LogP contribution in [0.1, 0.15) is 5.56 Å². The third-order valence-corrected chi connectivity index (χ3v) is 12.3. The van der Waals surface area contributed by atoms with Crippen LogP contribution in [0.25, 0.3) is 0 Å². The maximum atomic E-state index is 2.51. The summed E-state index contributed by atoms with van der Waals surface area (Å²) in [6.45, 7) is 4.96. The third-order valence-electron chi connectivity index (χ3n) is 4.75. The first-order chi connectivity index (χ1) is 10.5. The van der Waals surface area contributed by atoms with E-state index >= 15 is 0 Å². The molecule has 1 unspecified atom stereocenters. The first-order valence-electron chi connectivity index (χ1n) is 7.77. The molecule has 0 aromatic heterocycles. The zero-order chi connectivity index (χ0) is 15.6. The Bertz CT molecular complexity index is 714. The van der Waals surface area contributed by atoms with Gasteiger partial charge in [0.1, 0.15) is 0 Å². The molecular weight excluding hydrogens is 423 g/mol. The quantitative estimate of drug-likeness (QED) is 0.419. The molecule has 1 atom stereocenters. The molecule has 1 aliphatic rings. The summed E-state index contributed by atoms with van der Waals surface area (Å²) in [7, 11) is -1.59. The van der Waals surface area contributed by atoms with Gasteiger partial charge in [-0.15, -0.1) is 0 Å². The van der Waals surface area contributed by atoms with E-state index in [1.165, 1.54) is 16.3 Å². The Morgan fingerprint density at radius 3 is 1.92 bits per heavy atom. The van der Waals surface area contributed by atoms with Crippen LogP contribution in [-0.4, -0.2) is 8.07 Å². The van der Waals surface area contributed by atoms with E-state index < -0.39 is 8.07 Å². The van der Waals surface area contributed by atoms with Crippen molar-refractivity contribution in [3.8, 4) is 0 Å². The number of rotatable bonds is 4. The Morgan fingerprint density at radius 1 is 0.840 bits per heavy atom. The molecule has 2 aromatic rings. The van der Waals surface area contributed by atoms with E-state index in [0.717, 1.165) is 6.42 Å². The van der Waals surface area contributed by atoms with Gasteiger partial charge in [-0.2, -0.15) is 0 Å². The van der Waals surface area contributed by atoms with Crippen LogP contribution in [0.15, 0.2) is 84.5 Å². The molecule has 0 saturated heterocycles. The van der Waals surface area contributed by atoms with Crippen LogP contribution in [0.2, 0.25) is 16.4 Å². The van der Waals surface area contributed by atoms with Crippen molar-refractivity contribution in [3.63, 3.8) is 0 Å². The summed E-state index contributed by atoms with van der Waals surface area (Å²) >= 11 is 2.40. The Hall–Kier alpha value is -0.279. The second-order valence-corrected chi connectivity index (χ2v) is 13.3. The summed E-state index contributed by atoms with van der Waals surface area (Å²) in [5.41, 5.74) is 2.84. The molecule has 0 radical (unpaired) electrons. The largest absolute Gasteiger partial charge is 1.00 e. The van der Waals surface area contributed by atoms with Crippen LogP contribution >= 0.6 is 0 Å². The molecular formula is C20H21Cl3SiTi. The summed E-state index contributed by atoms with van der Waals surface area (Å²) in [6, 6.07) is 21.8. The fraction of sp³-hybridized carbons (Fsp3) is 0.200. The topological polar surface area (TPSA) is 0 Å². The van der Waals surface area contributed by atoms with Crippen molar-refractivity contribution in [3.05, 3.63) is 90.0 Å². The number of benzene rings is 2. The second-order valence-electron chi connectivity index (χ2n) is 6.58. The van der Waals surface area contributed by atoms with E-state index in [2.05, 4.69) is 112 Å². The molecule has 0 amide bonds. The summed E-state index contributed by atoms with van der Waals surface area (Å²) in [6.07, 6.45) is 8.32. The molecule has 0 fully saturated rings. The molecule has 0 bridgehead atoms. The molecule has 0 nitrogen and oxygen atoms in total.